The number of ketones is 1. The predicted octanol–water partition coefficient (Wildman–Crippen LogP) is 5.59. The van der Waals surface area contributed by atoms with Crippen LogP contribution in [0.3, 0.4) is 0 Å². The van der Waals surface area contributed by atoms with Crippen LogP contribution >= 0.6 is 11.6 Å². The first-order valence-electron chi connectivity index (χ1n) is 9.29. The van der Waals surface area contributed by atoms with E-state index >= 15 is 0 Å². The Morgan fingerprint density at radius 2 is 1.69 bits per heavy atom. The number of amides is 1. The number of rotatable bonds is 6. The zero-order chi connectivity index (χ0) is 21.0. The Bertz CT molecular complexity index is 1050. The molecule has 0 saturated heterocycles. The number of nitrogens with one attached hydrogen (secondary N) is 1. The van der Waals surface area contributed by atoms with Crippen LogP contribution in [-0.2, 0) is 4.79 Å². The smallest absolute Gasteiger partial charge is 0.265 e. The highest BCUT2D eigenvalue weighted by molar-refractivity contribution is 6.31. The molecule has 0 spiro atoms. The monoisotopic (exact) mass is 407 g/mol. The highest BCUT2D eigenvalue weighted by Crippen LogP contribution is 2.25. The molecular weight excluding hydrogens is 386 g/mol. The largest absolute Gasteiger partial charge is 0.481 e. The molecule has 5 heteroatoms. The summed E-state index contributed by atoms with van der Waals surface area (Å²) >= 11 is 6.10. The number of anilines is 1. The van der Waals surface area contributed by atoms with Crippen molar-refractivity contribution in [1.29, 1.82) is 0 Å². The van der Waals surface area contributed by atoms with Gasteiger partial charge in [0.1, 0.15) is 5.75 Å². The van der Waals surface area contributed by atoms with Gasteiger partial charge in [-0.25, -0.2) is 0 Å². The van der Waals surface area contributed by atoms with Crippen molar-refractivity contribution in [3.8, 4) is 5.75 Å². The minimum Gasteiger partial charge on any atom is -0.481 e. The number of carbonyl (C=O) groups is 2. The molecule has 1 N–H and O–H groups in total. The third kappa shape index (κ3) is 5.04. The van der Waals surface area contributed by atoms with Crippen molar-refractivity contribution in [3.05, 3.63) is 94.0 Å². The van der Waals surface area contributed by atoms with E-state index in [2.05, 4.69) is 5.32 Å². The Labute approximate surface area is 175 Å². The second-order valence-corrected chi connectivity index (χ2v) is 7.34. The quantitative estimate of drug-likeness (QED) is 0.541. The van der Waals surface area contributed by atoms with Gasteiger partial charge >= 0.3 is 0 Å². The van der Waals surface area contributed by atoms with Crippen molar-refractivity contribution in [2.75, 3.05) is 5.32 Å². The van der Waals surface area contributed by atoms with Gasteiger partial charge in [-0.3, -0.25) is 9.59 Å². The lowest BCUT2D eigenvalue weighted by Gasteiger charge is -2.18. The lowest BCUT2D eigenvalue weighted by Crippen LogP contribution is -2.31. The molecule has 1 atom stereocenters. The number of benzene rings is 3. The summed E-state index contributed by atoms with van der Waals surface area (Å²) in [6.07, 6.45) is -0.745. The van der Waals surface area contributed by atoms with Crippen molar-refractivity contribution in [1.82, 2.24) is 0 Å². The van der Waals surface area contributed by atoms with Gasteiger partial charge in [-0.2, -0.15) is 0 Å². The van der Waals surface area contributed by atoms with Crippen LogP contribution in [0, 0.1) is 13.8 Å². The fraction of sp³-hybridized carbons (Fsp3) is 0.167. The van der Waals surface area contributed by atoms with E-state index in [9.17, 15) is 9.59 Å². The first-order chi connectivity index (χ1) is 13.8. The molecule has 0 aliphatic heterocycles. The third-order valence-electron chi connectivity index (χ3n) is 4.54. The third-order valence-corrected chi connectivity index (χ3v) is 4.77. The first kappa shape index (κ1) is 20.6. The van der Waals surface area contributed by atoms with Gasteiger partial charge in [-0.15, -0.1) is 0 Å². The molecule has 3 rings (SSSR count). The molecule has 0 fully saturated rings. The van der Waals surface area contributed by atoms with Crippen LogP contribution in [0.4, 0.5) is 5.69 Å². The topological polar surface area (TPSA) is 55.4 Å². The Balaban J connectivity index is 1.81. The number of halogens is 1. The Morgan fingerprint density at radius 3 is 2.41 bits per heavy atom. The second-order valence-electron chi connectivity index (χ2n) is 6.90. The number of carbonyl (C=O) groups excluding carboxylic acids is 2. The van der Waals surface area contributed by atoms with Gasteiger partial charge in [0.15, 0.2) is 11.9 Å². The summed E-state index contributed by atoms with van der Waals surface area (Å²) in [5, 5.41) is 3.22. The first-order valence-corrected chi connectivity index (χ1v) is 9.67. The molecule has 1 amide bonds. The zero-order valence-electron chi connectivity index (χ0n) is 16.5. The second kappa shape index (κ2) is 8.93. The average Bonchev–Trinajstić information content (AvgIpc) is 2.72. The summed E-state index contributed by atoms with van der Waals surface area (Å²) in [6.45, 7) is 5.56. The van der Waals surface area contributed by atoms with Crippen molar-refractivity contribution >= 4 is 29.0 Å². The molecule has 4 nitrogen and oxygen atoms in total. The van der Waals surface area contributed by atoms with Crippen molar-refractivity contribution in [3.63, 3.8) is 0 Å². The molecule has 29 heavy (non-hydrogen) atoms. The van der Waals surface area contributed by atoms with Gasteiger partial charge < -0.3 is 10.1 Å². The van der Waals surface area contributed by atoms with Gasteiger partial charge in [0.05, 0.1) is 5.69 Å². The van der Waals surface area contributed by atoms with Gasteiger partial charge in [-0.05, 0) is 56.2 Å². The summed E-state index contributed by atoms with van der Waals surface area (Å²) in [6, 6.07) is 19.5. The van der Waals surface area contributed by atoms with Crippen LogP contribution in [0.25, 0.3) is 0 Å². The van der Waals surface area contributed by atoms with E-state index in [1.165, 1.54) is 0 Å². The zero-order valence-corrected chi connectivity index (χ0v) is 17.3. The molecule has 0 unspecified atom stereocenters. The molecule has 0 radical (unpaired) electrons. The Hall–Kier alpha value is -3.11. The van der Waals surface area contributed by atoms with Crippen LogP contribution in [0.2, 0.25) is 5.02 Å². The normalized spacial score (nSPS) is 11.6. The molecule has 3 aromatic carbocycles. The summed E-state index contributed by atoms with van der Waals surface area (Å²) < 4.78 is 5.85. The maximum Gasteiger partial charge on any atom is 0.265 e. The van der Waals surface area contributed by atoms with Gasteiger partial charge in [-0.1, -0.05) is 54.1 Å². The van der Waals surface area contributed by atoms with Crippen LogP contribution < -0.4 is 10.1 Å². The molecule has 0 aliphatic carbocycles. The molecule has 0 aliphatic rings. The number of hydrogen-bond acceptors (Lipinski definition) is 3. The van der Waals surface area contributed by atoms with E-state index < -0.39 is 6.10 Å². The highest BCUT2D eigenvalue weighted by atomic mass is 35.5. The SMILES string of the molecule is Cc1ccc(C)c(O[C@@H](C)C(=O)Nc2ccc(Cl)cc2C(=O)c2ccccc2)c1. The van der Waals surface area contributed by atoms with Crippen molar-refractivity contribution in [2.24, 2.45) is 0 Å². The maximum atomic E-state index is 12.9. The van der Waals surface area contributed by atoms with Crippen molar-refractivity contribution < 1.29 is 14.3 Å². The number of hydrogen-bond donors (Lipinski definition) is 1. The van der Waals surface area contributed by atoms with Crippen molar-refractivity contribution in [2.45, 2.75) is 26.9 Å². The van der Waals surface area contributed by atoms with Crippen LogP contribution in [-0.4, -0.2) is 17.8 Å². The standard InChI is InChI=1S/C24H22ClNO3/c1-15-9-10-16(2)22(13-15)29-17(3)24(28)26-21-12-11-19(25)14-20(21)23(27)18-7-5-4-6-8-18/h4-14,17H,1-3H3,(H,26,28)/t17-/m0/s1. The molecular formula is C24H22ClNO3. The van der Waals surface area contributed by atoms with E-state index in [1.54, 1.807) is 49.4 Å². The van der Waals surface area contributed by atoms with Crippen LogP contribution in [0.5, 0.6) is 5.75 Å². The average molecular weight is 408 g/mol. The van der Waals surface area contributed by atoms with Crippen LogP contribution in [0.1, 0.15) is 34.0 Å². The fourth-order valence-corrected chi connectivity index (χ4v) is 3.04. The fourth-order valence-electron chi connectivity index (χ4n) is 2.87. The minimum absolute atomic E-state index is 0.216. The van der Waals surface area contributed by atoms with E-state index in [1.807, 2.05) is 38.1 Å². The maximum absolute atomic E-state index is 12.9. The molecule has 0 aromatic heterocycles. The molecule has 0 heterocycles. The van der Waals surface area contributed by atoms with Crippen LogP contribution in [0.15, 0.2) is 66.7 Å². The summed E-state index contributed by atoms with van der Waals surface area (Å²) in [5.74, 6) is 0.0891. The lowest BCUT2D eigenvalue weighted by molar-refractivity contribution is -0.122. The Morgan fingerprint density at radius 1 is 0.966 bits per heavy atom. The Kier molecular flexibility index (Phi) is 6.35. The van der Waals surface area contributed by atoms with E-state index in [0.717, 1.165) is 11.1 Å². The minimum atomic E-state index is -0.745. The summed E-state index contributed by atoms with van der Waals surface area (Å²) in [4.78, 5) is 25.6. The van der Waals surface area contributed by atoms with Gasteiger partial charge in [0.25, 0.3) is 5.91 Å². The van der Waals surface area contributed by atoms with Gasteiger partial charge in [0, 0.05) is 16.1 Å². The molecule has 0 saturated carbocycles. The van der Waals surface area contributed by atoms with E-state index in [-0.39, 0.29) is 11.7 Å². The summed E-state index contributed by atoms with van der Waals surface area (Å²) in [7, 11) is 0. The lowest BCUT2D eigenvalue weighted by atomic mass is 10.0. The van der Waals surface area contributed by atoms with Gasteiger partial charge in [0.2, 0.25) is 0 Å². The molecule has 148 valence electrons. The number of ether oxygens (including phenoxy) is 1. The van der Waals surface area contributed by atoms with E-state index in [4.69, 9.17) is 16.3 Å². The molecule has 3 aromatic rings. The molecule has 0 bridgehead atoms. The predicted molar refractivity (Wildman–Crippen MR) is 116 cm³/mol. The summed E-state index contributed by atoms with van der Waals surface area (Å²) in [5.41, 5.74) is 3.24. The van der Waals surface area contributed by atoms with E-state index in [0.29, 0.717) is 27.6 Å². The number of aryl methyl sites for hydroxylation is 2. The highest BCUT2D eigenvalue weighted by Gasteiger charge is 2.20.